The van der Waals surface area contributed by atoms with E-state index in [1.165, 1.54) is 103 Å². The fourth-order valence-electron chi connectivity index (χ4n) is 3.63. The number of hydrogen-bond donors (Lipinski definition) is 1. The minimum atomic E-state index is 0.435. The van der Waals surface area contributed by atoms with Crippen molar-refractivity contribution < 1.29 is 0 Å². The van der Waals surface area contributed by atoms with Crippen molar-refractivity contribution in [3.05, 3.63) is 18.7 Å². The molecule has 0 aromatic carbocycles. The third kappa shape index (κ3) is 12.2. The maximum Gasteiger partial charge on any atom is 0.0948 e. The number of nitrogens with two attached hydrogens (primary N) is 1. The smallest absolute Gasteiger partial charge is 0.0948 e. The summed E-state index contributed by atoms with van der Waals surface area (Å²) in [5.74, 6) is 0. The largest absolute Gasteiger partial charge is 0.333 e. The minimum absolute atomic E-state index is 0.435. The highest BCUT2D eigenvalue weighted by molar-refractivity contribution is 4.80. The Morgan fingerprint density at radius 3 is 1.64 bits per heavy atom. The Hall–Kier alpha value is -0.830. The van der Waals surface area contributed by atoms with E-state index in [0.29, 0.717) is 6.04 Å². The van der Waals surface area contributed by atoms with Crippen LogP contribution in [-0.4, -0.2) is 16.1 Å². The van der Waals surface area contributed by atoms with Gasteiger partial charge in [0, 0.05) is 25.0 Å². The van der Waals surface area contributed by atoms with Gasteiger partial charge in [0.15, 0.2) is 0 Å². The second kappa shape index (κ2) is 16.6. The van der Waals surface area contributed by atoms with Crippen molar-refractivity contribution >= 4 is 0 Å². The van der Waals surface area contributed by atoms with Crippen LogP contribution in [0, 0.1) is 0 Å². The molecule has 0 aliphatic rings. The number of hydrogen-bond acceptors (Lipinski definition) is 2. The fourth-order valence-corrected chi connectivity index (χ4v) is 3.63. The molecule has 3 heteroatoms. The SMILES string of the molecule is CCCCCCCCCCCCCCCCCC(CN)n1ccnc1. The van der Waals surface area contributed by atoms with Crippen molar-refractivity contribution in [1.29, 1.82) is 0 Å². The lowest BCUT2D eigenvalue weighted by atomic mass is 10.0. The summed E-state index contributed by atoms with van der Waals surface area (Å²) in [5, 5.41) is 0. The van der Waals surface area contributed by atoms with Crippen LogP contribution in [0.3, 0.4) is 0 Å². The molecule has 25 heavy (non-hydrogen) atoms. The van der Waals surface area contributed by atoms with Crippen molar-refractivity contribution in [2.24, 2.45) is 5.73 Å². The molecule has 1 atom stereocenters. The van der Waals surface area contributed by atoms with E-state index >= 15 is 0 Å². The van der Waals surface area contributed by atoms with Crippen molar-refractivity contribution in [2.75, 3.05) is 6.54 Å². The van der Waals surface area contributed by atoms with Crippen LogP contribution in [0.15, 0.2) is 18.7 Å². The van der Waals surface area contributed by atoms with E-state index in [4.69, 9.17) is 5.73 Å². The fraction of sp³-hybridized carbons (Fsp3) is 0.864. The highest BCUT2D eigenvalue weighted by Gasteiger charge is 2.07. The Morgan fingerprint density at radius 1 is 0.760 bits per heavy atom. The molecule has 0 spiro atoms. The molecule has 0 aliphatic carbocycles. The summed E-state index contributed by atoms with van der Waals surface area (Å²) in [5.41, 5.74) is 5.88. The van der Waals surface area contributed by atoms with Crippen LogP contribution in [0.25, 0.3) is 0 Å². The lowest BCUT2D eigenvalue weighted by Gasteiger charge is -2.15. The highest BCUT2D eigenvalue weighted by atomic mass is 15.1. The average Bonchev–Trinajstić information content (AvgIpc) is 3.16. The predicted molar refractivity (Wildman–Crippen MR) is 110 cm³/mol. The Kier molecular flexibility index (Phi) is 14.8. The van der Waals surface area contributed by atoms with Gasteiger partial charge in [-0.2, -0.15) is 0 Å². The van der Waals surface area contributed by atoms with Crippen molar-refractivity contribution in [1.82, 2.24) is 9.55 Å². The maximum absolute atomic E-state index is 5.88. The zero-order valence-corrected chi connectivity index (χ0v) is 16.8. The van der Waals surface area contributed by atoms with Crippen LogP contribution in [0.4, 0.5) is 0 Å². The maximum atomic E-state index is 5.88. The minimum Gasteiger partial charge on any atom is -0.333 e. The second-order valence-electron chi connectivity index (χ2n) is 7.64. The molecule has 0 saturated carbocycles. The number of aromatic nitrogens is 2. The monoisotopic (exact) mass is 349 g/mol. The first kappa shape index (κ1) is 22.2. The summed E-state index contributed by atoms with van der Waals surface area (Å²) < 4.78 is 2.16. The third-order valence-electron chi connectivity index (χ3n) is 5.36. The lowest BCUT2D eigenvalue weighted by molar-refractivity contribution is 0.443. The molecule has 1 heterocycles. The summed E-state index contributed by atoms with van der Waals surface area (Å²) in [6, 6.07) is 0.435. The van der Waals surface area contributed by atoms with E-state index in [1.54, 1.807) is 0 Å². The molecule has 1 aromatic rings. The van der Waals surface area contributed by atoms with Gasteiger partial charge in [-0.05, 0) is 6.42 Å². The first-order chi connectivity index (χ1) is 12.4. The first-order valence-corrected chi connectivity index (χ1v) is 11.1. The van der Waals surface area contributed by atoms with E-state index in [9.17, 15) is 0 Å². The molecule has 0 bridgehead atoms. The van der Waals surface area contributed by atoms with E-state index in [-0.39, 0.29) is 0 Å². The van der Waals surface area contributed by atoms with Gasteiger partial charge in [-0.15, -0.1) is 0 Å². The van der Waals surface area contributed by atoms with Gasteiger partial charge in [-0.3, -0.25) is 0 Å². The average molecular weight is 350 g/mol. The van der Waals surface area contributed by atoms with E-state index < -0.39 is 0 Å². The molecule has 146 valence electrons. The van der Waals surface area contributed by atoms with E-state index in [0.717, 1.165) is 6.54 Å². The molecule has 0 amide bonds. The normalized spacial score (nSPS) is 12.6. The molecular formula is C22H43N3. The van der Waals surface area contributed by atoms with Crippen molar-refractivity contribution in [3.8, 4) is 0 Å². The predicted octanol–water partition coefficient (Wildman–Crippen LogP) is 6.64. The van der Waals surface area contributed by atoms with Gasteiger partial charge in [-0.1, -0.05) is 103 Å². The molecule has 0 radical (unpaired) electrons. The Morgan fingerprint density at radius 2 is 1.24 bits per heavy atom. The van der Waals surface area contributed by atoms with E-state index in [2.05, 4.69) is 16.5 Å². The quantitative estimate of drug-likeness (QED) is 0.302. The van der Waals surface area contributed by atoms with E-state index in [1.807, 2.05) is 18.7 Å². The van der Waals surface area contributed by atoms with Crippen molar-refractivity contribution in [3.63, 3.8) is 0 Å². The Bertz CT molecular complexity index is 361. The van der Waals surface area contributed by atoms with Gasteiger partial charge in [0.05, 0.1) is 6.33 Å². The number of nitrogens with zero attached hydrogens (tertiary/aromatic N) is 2. The van der Waals surface area contributed by atoms with Crippen LogP contribution in [0.2, 0.25) is 0 Å². The van der Waals surface area contributed by atoms with Crippen LogP contribution in [-0.2, 0) is 0 Å². The molecule has 2 N–H and O–H groups in total. The Balaban J connectivity index is 1.79. The lowest BCUT2D eigenvalue weighted by Crippen LogP contribution is -2.18. The van der Waals surface area contributed by atoms with Crippen LogP contribution in [0.5, 0.6) is 0 Å². The number of imidazole rings is 1. The molecule has 1 unspecified atom stereocenters. The van der Waals surface area contributed by atoms with Gasteiger partial charge in [0.25, 0.3) is 0 Å². The van der Waals surface area contributed by atoms with Gasteiger partial charge in [0.2, 0.25) is 0 Å². The van der Waals surface area contributed by atoms with Crippen LogP contribution in [0.1, 0.15) is 116 Å². The summed E-state index contributed by atoms with van der Waals surface area (Å²) in [6.07, 6.45) is 28.2. The summed E-state index contributed by atoms with van der Waals surface area (Å²) in [4.78, 5) is 4.12. The van der Waals surface area contributed by atoms with Gasteiger partial charge in [-0.25, -0.2) is 4.98 Å². The molecule has 3 nitrogen and oxygen atoms in total. The zero-order valence-electron chi connectivity index (χ0n) is 16.8. The first-order valence-electron chi connectivity index (χ1n) is 11.1. The third-order valence-corrected chi connectivity index (χ3v) is 5.36. The Labute approximate surface area is 156 Å². The van der Waals surface area contributed by atoms with Crippen LogP contribution >= 0.6 is 0 Å². The molecule has 0 aliphatic heterocycles. The highest BCUT2D eigenvalue weighted by Crippen LogP contribution is 2.17. The second-order valence-corrected chi connectivity index (χ2v) is 7.64. The number of unbranched alkanes of at least 4 members (excludes halogenated alkanes) is 14. The molecular weight excluding hydrogens is 306 g/mol. The summed E-state index contributed by atoms with van der Waals surface area (Å²) in [6.45, 7) is 3.01. The topological polar surface area (TPSA) is 43.8 Å². The molecule has 0 saturated heterocycles. The molecule has 1 aromatic heterocycles. The summed E-state index contributed by atoms with van der Waals surface area (Å²) in [7, 11) is 0. The van der Waals surface area contributed by atoms with Gasteiger partial charge < -0.3 is 10.3 Å². The van der Waals surface area contributed by atoms with Gasteiger partial charge >= 0.3 is 0 Å². The van der Waals surface area contributed by atoms with Gasteiger partial charge in [0.1, 0.15) is 0 Å². The number of rotatable bonds is 18. The van der Waals surface area contributed by atoms with Crippen molar-refractivity contribution in [2.45, 2.75) is 116 Å². The summed E-state index contributed by atoms with van der Waals surface area (Å²) >= 11 is 0. The van der Waals surface area contributed by atoms with Crippen LogP contribution < -0.4 is 5.73 Å². The zero-order chi connectivity index (χ0) is 18.0. The molecule has 0 fully saturated rings. The standard InChI is InChI=1S/C22H43N3/c1-2-3-4-5-6-7-8-9-10-11-12-13-14-15-16-17-22(20-23)25-19-18-24-21-25/h18-19,21-22H,2-17,20,23H2,1H3. The molecule has 1 rings (SSSR count).